The fraction of sp³-hybridized carbons (Fsp3) is 0.105. The number of amides is 1. The van der Waals surface area contributed by atoms with E-state index in [-0.39, 0.29) is 11.7 Å². The van der Waals surface area contributed by atoms with Crippen molar-refractivity contribution in [1.82, 2.24) is 25.0 Å². The van der Waals surface area contributed by atoms with E-state index in [9.17, 15) is 9.18 Å². The van der Waals surface area contributed by atoms with Crippen LogP contribution in [0.4, 0.5) is 9.52 Å². The van der Waals surface area contributed by atoms with Gasteiger partial charge in [0.05, 0.1) is 11.3 Å². The SMILES string of the molecule is Cc1nnc(NC(=O)CSc2nnc(-c3ccccc3F)n2-c2ccccc2)s1. The van der Waals surface area contributed by atoms with Crippen molar-refractivity contribution in [3.63, 3.8) is 0 Å². The van der Waals surface area contributed by atoms with Crippen LogP contribution in [-0.2, 0) is 4.79 Å². The third-order valence-corrected chi connectivity index (χ3v) is 5.55. The molecule has 10 heteroatoms. The zero-order chi connectivity index (χ0) is 20.2. The molecule has 0 fully saturated rings. The van der Waals surface area contributed by atoms with Gasteiger partial charge >= 0.3 is 0 Å². The van der Waals surface area contributed by atoms with Crippen LogP contribution in [0.25, 0.3) is 17.1 Å². The maximum Gasteiger partial charge on any atom is 0.236 e. The molecule has 0 aliphatic carbocycles. The summed E-state index contributed by atoms with van der Waals surface area (Å²) in [5.41, 5.74) is 1.11. The fourth-order valence-electron chi connectivity index (χ4n) is 2.62. The standard InChI is InChI=1S/C19H15FN6OS2/c1-12-22-24-18(29-12)21-16(27)11-28-19-25-23-17(14-9-5-6-10-15(14)20)26(19)13-7-3-2-4-8-13/h2-10H,11H2,1H3,(H,21,24,27). The van der Waals surface area contributed by atoms with E-state index >= 15 is 0 Å². The molecule has 0 unspecified atom stereocenters. The van der Waals surface area contributed by atoms with E-state index in [1.807, 2.05) is 37.3 Å². The van der Waals surface area contributed by atoms with Gasteiger partial charge in [-0.25, -0.2) is 4.39 Å². The second-order valence-electron chi connectivity index (χ2n) is 5.92. The number of para-hydroxylation sites is 1. The van der Waals surface area contributed by atoms with Crippen molar-refractivity contribution in [3.8, 4) is 17.1 Å². The van der Waals surface area contributed by atoms with Crippen LogP contribution in [0.3, 0.4) is 0 Å². The van der Waals surface area contributed by atoms with Gasteiger partial charge in [-0.3, -0.25) is 14.7 Å². The van der Waals surface area contributed by atoms with E-state index in [0.29, 0.717) is 21.7 Å². The normalized spacial score (nSPS) is 10.8. The van der Waals surface area contributed by atoms with E-state index in [4.69, 9.17) is 0 Å². The Balaban J connectivity index is 1.62. The van der Waals surface area contributed by atoms with Gasteiger partial charge < -0.3 is 0 Å². The van der Waals surface area contributed by atoms with Gasteiger partial charge in [-0.15, -0.1) is 20.4 Å². The number of nitrogens with zero attached hydrogens (tertiary/aromatic N) is 5. The van der Waals surface area contributed by atoms with Gasteiger partial charge in [0.2, 0.25) is 11.0 Å². The Hall–Kier alpha value is -3.11. The monoisotopic (exact) mass is 426 g/mol. The van der Waals surface area contributed by atoms with Gasteiger partial charge in [0.1, 0.15) is 10.8 Å². The number of rotatable bonds is 6. The van der Waals surface area contributed by atoms with E-state index in [1.165, 1.54) is 29.2 Å². The predicted molar refractivity (Wildman–Crippen MR) is 111 cm³/mol. The molecule has 0 radical (unpaired) electrons. The quantitative estimate of drug-likeness (QED) is 0.470. The number of carbonyl (C=O) groups is 1. The van der Waals surface area contributed by atoms with Crippen LogP contribution in [0.15, 0.2) is 59.8 Å². The number of carbonyl (C=O) groups excluding carboxylic acids is 1. The number of halogens is 1. The lowest BCUT2D eigenvalue weighted by Crippen LogP contribution is -2.14. The summed E-state index contributed by atoms with van der Waals surface area (Å²) in [6.07, 6.45) is 0. The smallest absolute Gasteiger partial charge is 0.236 e. The molecule has 146 valence electrons. The largest absolute Gasteiger partial charge is 0.300 e. The lowest BCUT2D eigenvalue weighted by molar-refractivity contribution is -0.113. The predicted octanol–water partition coefficient (Wildman–Crippen LogP) is 3.96. The topological polar surface area (TPSA) is 85.6 Å². The van der Waals surface area contributed by atoms with E-state index in [0.717, 1.165) is 10.7 Å². The number of nitrogens with one attached hydrogen (secondary N) is 1. The molecule has 0 aliphatic rings. The molecule has 0 saturated heterocycles. The molecule has 4 aromatic rings. The van der Waals surface area contributed by atoms with Crippen molar-refractivity contribution in [1.29, 1.82) is 0 Å². The van der Waals surface area contributed by atoms with Gasteiger partial charge in [-0.2, -0.15) is 0 Å². The second-order valence-corrected chi connectivity index (χ2v) is 8.04. The maximum atomic E-state index is 14.4. The lowest BCUT2D eigenvalue weighted by Gasteiger charge is -2.10. The van der Waals surface area contributed by atoms with Crippen LogP contribution in [0.1, 0.15) is 5.01 Å². The molecule has 2 aromatic heterocycles. The summed E-state index contributed by atoms with van der Waals surface area (Å²) in [6.45, 7) is 1.81. The summed E-state index contributed by atoms with van der Waals surface area (Å²) in [4.78, 5) is 12.3. The van der Waals surface area contributed by atoms with Crippen molar-refractivity contribution >= 4 is 34.1 Å². The number of benzene rings is 2. The molecular weight excluding hydrogens is 411 g/mol. The number of hydrogen-bond donors (Lipinski definition) is 1. The van der Waals surface area contributed by atoms with Crippen molar-refractivity contribution in [2.45, 2.75) is 12.1 Å². The first-order valence-corrected chi connectivity index (χ1v) is 10.4. The van der Waals surface area contributed by atoms with E-state index in [1.54, 1.807) is 22.8 Å². The van der Waals surface area contributed by atoms with Crippen molar-refractivity contribution in [3.05, 3.63) is 65.4 Å². The molecule has 0 bridgehead atoms. The highest BCUT2D eigenvalue weighted by Gasteiger charge is 2.19. The minimum Gasteiger partial charge on any atom is -0.300 e. The van der Waals surface area contributed by atoms with Crippen LogP contribution in [0.2, 0.25) is 0 Å². The van der Waals surface area contributed by atoms with Gasteiger partial charge in [-0.05, 0) is 31.2 Å². The molecule has 1 amide bonds. The van der Waals surface area contributed by atoms with Gasteiger partial charge in [-0.1, -0.05) is 53.4 Å². The van der Waals surface area contributed by atoms with E-state index in [2.05, 4.69) is 25.7 Å². The summed E-state index contributed by atoms with van der Waals surface area (Å²) in [6, 6.07) is 15.8. The second kappa shape index (κ2) is 8.50. The summed E-state index contributed by atoms with van der Waals surface area (Å²) >= 11 is 2.51. The third kappa shape index (κ3) is 4.33. The minimum atomic E-state index is -0.391. The highest BCUT2D eigenvalue weighted by molar-refractivity contribution is 7.99. The summed E-state index contributed by atoms with van der Waals surface area (Å²) in [5.74, 6) is -0.155. The average Bonchev–Trinajstić information content (AvgIpc) is 3.33. The van der Waals surface area contributed by atoms with Crippen LogP contribution >= 0.6 is 23.1 Å². The number of hydrogen-bond acceptors (Lipinski definition) is 7. The highest BCUT2D eigenvalue weighted by Crippen LogP contribution is 2.29. The number of thioether (sulfide) groups is 1. The Morgan fingerprint density at radius 3 is 2.55 bits per heavy atom. The first kappa shape index (κ1) is 19.2. The van der Waals surface area contributed by atoms with Crippen molar-refractivity contribution < 1.29 is 9.18 Å². The molecule has 2 heterocycles. The van der Waals surface area contributed by atoms with Crippen molar-refractivity contribution in [2.75, 3.05) is 11.1 Å². The zero-order valence-electron chi connectivity index (χ0n) is 15.2. The molecular formula is C19H15FN6OS2. The Labute approximate surface area is 174 Å². The van der Waals surface area contributed by atoms with Gasteiger partial charge in [0.25, 0.3) is 0 Å². The molecule has 0 spiro atoms. The Morgan fingerprint density at radius 1 is 1.07 bits per heavy atom. The van der Waals surface area contributed by atoms with Crippen LogP contribution < -0.4 is 5.32 Å². The highest BCUT2D eigenvalue weighted by atomic mass is 32.2. The minimum absolute atomic E-state index is 0.0981. The Kier molecular flexibility index (Phi) is 5.63. The molecule has 0 aliphatic heterocycles. The van der Waals surface area contributed by atoms with Crippen LogP contribution in [0, 0.1) is 12.7 Å². The molecule has 4 rings (SSSR count). The summed E-state index contributed by atoms with van der Waals surface area (Å²) < 4.78 is 16.1. The number of anilines is 1. The first-order chi connectivity index (χ1) is 14.1. The molecule has 29 heavy (non-hydrogen) atoms. The Morgan fingerprint density at radius 2 is 1.83 bits per heavy atom. The summed E-state index contributed by atoms with van der Waals surface area (Å²) in [7, 11) is 0. The lowest BCUT2D eigenvalue weighted by atomic mass is 10.2. The van der Waals surface area contributed by atoms with Gasteiger partial charge in [0.15, 0.2) is 11.0 Å². The molecule has 0 saturated carbocycles. The number of aryl methyl sites for hydroxylation is 1. The molecule has 1 N–H and O–H groups in total. The average molecular weight is 427 g/mol. The zero-order valence-corrected chi connectivity index (χ0v) is 16.9. The Bertz CT molecular complexity index is 1140. The maximum absolute atomic E-state index is 14.4. The molecule has 0 atom stereocenters. The summed E-state index contributed by atoms with van der Waals surface area (Å²) in [5, 5.41) is 20.6. The van der Waals surface area contributed by atoms with E-state index < -0.39 is 5.82 Å². The molecule has 2 aromatic carbocycles. The van der Waals surface area contributed by atoms with Crippen molar-refractivity contribution in [2.24, 2.45) is 0 Å². The van der Waals surface area contributed by atoms with Crippen LogP contribution in [-0.4, -0.2) is 36.6 Å². The van der Waals surface area contributed by atoms with Crippen LogP contribution in [0.5, 0.6) is 0 Å². The number of aromatic nitrogens is 5. The van der Waals surface area contributed by atoms with Gasteiger partial charge in [0, 0.05) is 5.69 Å². The third-order valence-electron chi connectivity index (χ3n) is 3.87. The molecule has 7 nitrogen and oxygen atoms in total. The first-order valence-electron chi connectivity index (χ1n) is 8.60. The fourth-order valence-corrected chi connectivity index (χ4v) is 3.98.